The van der Waals surface area contributed by atoms with E-state index in [1.165, 1.54) is 30.5 Å². The fourth-order valence-electron chi connectivity index (χ4n) is 4.61. The second kappa shape index (κ2) is 12.5. The average Bonchev–Trinajstić information content (AvgIpc) is 3.60. The van der Waals surface area contributed by atoms with Crippen LogP contribution in [-0.4, -0.2) is 57.2 Å². The molecule has 0 saturated carbocycles. The van der Waals surface area contributed by atoms with Gasteiger partial charge in [0.05, 0.1) is 24.1 Å². The van der Waals surface area contributed by atoms with E-state index >= 15 is 0 Å². The predicted octanol–water partition coefficient (Wildman–Crippen LogP) is 5.15. The number of furan rings is 1. The molecule has 2 amide bonds. The maximum atomic E-state index is 13.2. The number of imide groups is 1. The number of Topliss-reactive ketones (excluding diaryl/α,β-unsaturated/α-hetero) is 1. The first kappa shape index (κ1) is 28.7. The molecule has 44 heavy (non-hydrogen) atoms. The Morgan fingerprint density at radius 1 is 1.00 bits per heavy atom. The number of ether oxygens (including phenoxy) is 2. The highest BCUT2D eigenvalue weighted by molar-refractivity contribution is 8.00. The van der Waals surface area contributed by atoms with Gasteiger partial charge in [0.25, 0.3) is 0 Å². The number of aromatic nitrogens is 3. The topological polar surface area (TPSA) is 142 Å². The van der Waals surface area contributed by atoms with Crippen LogP contribution in [-0.2, 0) is 14.3 Å². The SMILES string of the molecule is CCOc1ccc(C(=O)COC(=O)c2ccc(N3C(=O)CC(Sc4nncc(-c5cc6ccccc6o5)n4)C3=O)cc2)cc1. The van der Waals surface area contributed by atoms with Gasteiger partial charge in [0.2, 0.25) is 17.0 Å². The van der Waals surface area contributed by atoms with Crippen LogP contribution in [0.1, 0.15) is 34.1 Å². The maximum Gasteiger partial charge on any atom is 0.338 e. The molecule has 0 aliphatic carbocycles. The Morgan fingerprint density at radius 3 is 2.50 bits per heavy atom. The van der Waals surface area contributed by atoms with E-state index in [0.29, 0.717) is 40.6 Å². The Morgan fingerprint density at radius 2 is 1.75 bits per heavy atom. The lowest BCUT2D eigenvalue weighted by atomic mass is 10.1. The first-order chi connectivity index (χ1) is 21.4. The molecule has 0 spiro atoms. The third-order valence-electron chi connectivity index (χ3n) is 6.75. The zero-order valence-electron chi connectivity index (χ0n) is 23.3. The molecule has 1 fully saturated rings. The molecule has 1 unspecified atom stereocenters. The zero-order chi connectivity index (χ0) is 30.6. The Balaban J connectivity index is 1.07. The van der Waals surface area contributed by atoms with E-state index in [1.54, 1.807) is 24.3 Å². The molecule has 1 aliphatic rings. The molecule has 3 aromatic carbocycles. The van der Waals surface area contributed by atoms with Gasteiger partial charge in [0.1, 0.15) is 22.3 Å². The molecule has 5 aromatic rings. The highest BCUT2D eigenvalue weighted by atomic mass is 32.2. The van der Waals surface area contributed by atoms with Crippen LogP contribution in [0.2, 0.25) is 0 Å². The number of para-hydroxylation sites is 1. The van der Waals surface area contributed by atoms with Crippen molar-refractivity contribution in [3.63, 3.8) is 0 Å². The van der Waals surface area contributed by atoms with Crippen molar-refractivity contribution in [3.05, 3.63) is 96.2 Å². The van der Waals surface area contributed by atoms with Gasteiger partial charge in [0.15, 0.2) is 18.2 Å². The molecule has 6 rings (SSSR count). The number of fused-ring (bicyclic) bond motifs is 1. The number of carbonyl (C=O) groups is 4. The van der Waals surface area contributed by atoms with Crippen molar-refractivity contribution >= 4 is 52.0 Å². The summed E-state index contributed by atoms with van der Waals surface area (Å²) in [5, 5.41) is 8.42. The second-order valence-electron chi connectivity index (χ2n) is 9.65. The Kier molecular flexibility index (Phi) is 8.15. The molecule has 3 heterocycles. The van der Waals surface area contributed by atoms with Crippen molar-refractivity contribution in [2.75, 3.05) is 18.1 Å². The molecular formula is C32H24N4O7S. The summed E-state index contributed by atoms with van der Waals surface area (Å²) in [7, 11) is 0. The summed E-state index contributed by atoms with van der Waals surface area (Å²) in [5.74, 6) is -0.759. The highest BCUT2D eigenvalue weighted by Gasteiger charge is 2.41. The summed E-state index contributed by atoms with van der Waals surface area (Å²) in [6.07, 6.45) is 1.41. The second-order valence-corrected chi connectivity index (χ2v) is 10.8. The van der Waals surface area contributed by atoms with Gasteiger partial charge in [-0.25, -0.2) is 14.7 Å². The third kappa shape index (κ3) is 6.06. The van der Waals surface area contributed by atoms with Crippen LogP contribution in [0.25, 0.3) is 22.4 Å². The van der Waals surface area contributed by atoms with E-state index in [2.05, 4.69) is 15.2 Å². The molecule has 2 aromatic heterocycles. The normalized spacial score (nSPS) is 14.7. The molecule has 11 nitrogen and oxygen atoms in total. The summed E-state index contributed by atoms with van der Waals surface area (Å²) < 4.78 is 16.4. The predicted molar refractivity (Wildman–Crippen MR) is 160 cm³/mol. The number of nitrogens with zero attached hydrogens (tertiary/aromatic N) is 4. The lowest BCUT2D eigenvalue weighted by Gasteiger charge is -2.15. The highest BCUT2D eigenvalue weighted by Crippen LogP contribution is 2.34. The van der Waals surface area contributed by atoms with Crippen molar-refractivity contribution in [1.82, 2.24) is 15.2 Å². The first-order valence-corrected chi connectivity index (χ1v) is 14.5. The average molecular weight is 609 g/mol. The number of thioether (sulfide) groups is 1. The van der Waals surface area contributed by atoms with Gasteiger partial charge in [-0.3, -0.25) is 14.4 Å². The van der Waals surface area contributed by atoms with Crippen LogP contribution in [0.4, 0.5) is 5.69 Å². The number of rotatable bonds is 10. The number of benzene rings is 3. The minimum atomic E-state index is -0.756. The van der Waals surface area contributed by atoms with Gasteiger partial charge in [-0.05, 0) is 67.6 Å². The van der Waals surface area contributed by atoms with Crippen molar-refractivity contribution in [1.29, 1.82) is 0 Å². The molecule has 1 aliphatic heterocycles. The van der Waals surface area contributed by atoms with Crippen LogP contribution in [0, 0.1) is 0 Å². The molecule has 1 saturated heterocycles. The summed E-state index contributed by atoms with van der Waals surface area (Å²) in [4.78, 5) is 56.6. The monoisotopic (exact) mass is 608 g/mol. The van der Waals surface area contributed by atoms with Crippen LogP contribution in [0.3, 0.4) is 0 Å². The summed E-state index contributed by atoms with van der Waals surface area (Å²) in [6, 6.07) is 21.8. The van der Waals surface area contributed by atoms with Crippen LogP contribution in [0.15, 0.2) is 94.6 Å². The van der Waals surface area contributed by atoms with Crippen molar-refractivity contribution in [3.8, 4) is 17.2 Å². The summed E-state index contributed by atoms with van der Waals surface area (Å²) in [5.41, 5.74) is 2.02. The molecule has 0 bridgehead atoms. The zero-order valence-corrected chi connectivity index (χ0v) is 24.2. The number of ketones is 1. The smallest absolute Gasteiger partial charge is 0.338 e. The van der Waals surface area contributed by atoms with Gasteiger partial charge < -0.3 is 13.9 Å². The minimum absolute atomic E-state index is 0.0564. The minimum Gasteiger partial charge on any atom is -0.494 e. The largest absolute Gasteiger partial charge is 0.494 e. The van der Waals surface area contributed by atoms with E-state index in [0.717, 1.165) is 22.0 Å². The number of hydrogen-bond donors (Lipinski definition) is 0. The number of amides is 2. The Bertz CT molecular complexity index is 1840. The summed E-state index contributed by atoms with van der Waals surface area (Å²) >= 11 is 1.04. The number of anilines is 1. The van der Waals surface area contributed by atoms with Crippen molar-refractivity contribution in [2.24, 2.45) is 0 Å². The van der Waals surface area contributed by atoms with Gasteiger partial charge in [-0.1, -0.05) is 30.0 Å². The molecule has 0 radical (unpaired) electrons. The lowest BCUT2D eigenvalue weighted by molar-refractivity contribution is -0.121. The van der Waals surface area contributed by atoms with E-state index < -0.39 is 29.6 Å². The Hall–Kier alpha value is -5.36. The van der Waals surface area contributed by atoms with Gasteiger partial charge in [0, 0.05) is 17.4 Å². The van der Waals surface area contributed by atoms with E-state index in [4.69, 9.17) is 13.9 Å². The van der Waals surface area contributed by atoms with Gasteiger partial charge in [-0.15, -0.1) is 5.10 Å². The number of esters is 1. The fraction of sp³-hybridized carbons (Fsp3) is 0.156. The standard InChI is InChI=1S/C32H24N4O7S/c1-2-41-23-13-9-19(10-14-23)25(37)18-42-31(40)20-7-11-22(12-8-20)36-29(38)16-28(30(36)39)44-32-34-24(17-33-35-32)27-15-21-5-3-4-6-26(21)43-27/h3-15,17,28H,2,16,18H2,1H3. The molecular weight excluding hydrogens is 584 g/mol. The van der Waals surface area contributed by atoms with Gasteiger partial charge >= 0.3 is 5.97 Å². The Labute approximate surface area is 255 Å². The van der Waals surface area contributed by atoms with Crippen LogP contribution < -0.4 is 9.64 Å². The third-order valence-corrected chi connectivity index (χ3v) is 7.79. The van der Waals surface area contributed by atoms with E-state index in [-0.39, 0.29) is 22.9 Å². The number of hydrogen-bond acceptors (Lipinski definition) is 11. The van der Waals surface area contributed by atoms with Crippen LogP contribution >= 0.6 is 11.8 Å². The lowest BCUT2D eigenvalue weighted by Crippen LogP contribution is -2.31. The molecule has 12 heteroatoms. The van der Waals surface area contributed by atoms with Crippen LogP contribution in [0.5, 0.6) is 5.75 Å². The first-order valence-electron chi connectivity index (χ1n) is 13.6. The maximum absolute atomic E-state index is 13.2. The fourth-order valence-corrected chi connectivity index (χ4v) is 5.54. The van der Waals surface area contributed by atoms with Crippen molar-refractivity contribution in [2.45, 2.75) is 23.8 Å². The van der Waals surface area contributed by atoms with E-state index in [1.807, 2.05) is 37.3 Å². The molecule has 220 valence electrons. The summed E-state index contributed by atoms with van der Waals surface area (Å²) in [6.45, 7) is 1.93. The van der Waals surface area contributed by atoms with Gasteiger partial charge in [-0.2, -0.15) is 5.10 Å². The molecule has 1 atom stereocenters. The molecule has 0 N–H and O–H groups in total. The van der Waals surface area contributed by atoms with Crippen molar-refractivity contribution < 1.29 is 33.1 Å². The quantitative estimate of drug-likeness (QED) is 0.118. The number of carbonyl (C=O) groups excluding carboxylic acids is 4. The van der Waals surface area contributed by atoms with E-state index in [9.17, 15) is 19.2 Å².